The summed E-state index contributed by atoms with van der Waals surface area (Å²) in [5.74, 6) is 4.00. The van der Waals surface area contributed by atoms with Crippen LogP contribution in [0.3, 0.4) is 0 Å². The minimum Gasteiger partial charge on any atom is -0.490 e. The van der Waals surface area contributed by atoms with Crippen LogP contribution in [0.15, 0.2) is 152 Å². The molecular weight excluding hydrogens is 1480 g/mol. The summed E-state index contributed by atoms with van der Waals surface area (Å²) in [4.78, 5) is 38.5. The van der Waals surface area contributed by atoms with Crippen LogP contribution in [-0.4, -0.2) is 69.2 Å². The van der Waals surface area contributed by atoms with Gasteiger partial charge in [-0.2, -0.15) is 0 Å². The SMILES string of the molecule is CCCCCCCCCCCCOc1ccc(-c2ccc(COc3ccc(-c4ccc(COc5ccc(CC(NC(=O)OC(C)(C)C)C(=O)NC(C)C(=O)OC)cc5)cc4)cc3OCc3ccc(-c4ccc(OCCCCCCCCCCCC)c(OCCCCCCCCCCCC)c4)cc3)cc2)cc1OCCCCCCCCCCCC. The summed E-state index contributed by atoms with van der Waals surface area (Å²) in [7, 11) is 1.25. The number of carbonyl (C=O) groups excluding carboxylic acids is 3. The summed E-state index contributed by atoms with van der Waals surface area (Å²) < 4.78 is 56.3. The number of amides is 2. The lowest BCUT2D eigenvalue weighted by Gasteiger charge is -2.24. The van der Waals surface area contributed by atoms with E-state index in [4.69, 9.17) is 42.6 Å². The van der Waals surface area contributed by atoms with Crippen molar-refractivity contribution in [2.75, 3.05) is 33.5 Å². The van der Waals surface area contributed by atoms with Crippen LogP contribution in [0.4, 0.5) is 4.79 Å². The predicted octanol–water partition coefficient (Wildman–Crippen LogP) is 28.7. The van der Waals surface area contributed by atoms with Gasteiger partial charge in [0.25, 0.3) is 0 Å². The second-order valence-corrected chi connectivity index (χ2v) is 33.9. The van der Waals surface area contributed by atoms with Gasteiger partial charge in [-0.25, -0.2) is 9.59 Å². The minimum atomic E-state index is -1.03. The summed E-state index contributed by atoms with van der Waals surface area (Å²) in [6, 6.07) is 49.9. The molecule has 2 amide bonds. The minimum absolute atomic E-state index is 0.132. The molecule has 2 atom stereocenters. The maximum atomic E-state index is 13.4. The third kappa shape index (κ3) is 40.5. The van der Waals surface area contributed by atoms with Gasteiger partial charge in [0.2, 0.25) is 5.91 Å². The smallest absolute Gasteiger partial charge is 0.408 e. The standard InChI is InChI=1S/C105H152N2O12/c1-10-14-18-22-26-30-34-38-42-46-72-112-96-69-64-91(77-99(96)114-74-48-44-40-36-32-28-24-20-16-12-3)88-60-52-86(53-61-88)81-117-98-71-66-93(90-58-50-85(51-59-90)80-116-94-67-56-84(57-68-94)76-95(107-104(110)119-105(6,7)8)102(108)106-83(5)103(109)111-9)79-101(98)118-82-87-54-62-89(63-55-87)92-65-70-97(113-73-47-43-39-35-31-27-23-19-15-11-2)100(78-92)115-75-49-45-41-37-33-29-25-21-17-13-4/h50-71,77-79,83,95H,10-49,72-76,80-82H2,1-9H3,(H,106,108)(H,107,110). The van der Waals surface area contributed by atoms with Crippen LogP contribution < -0.4 is 43.8 Å². The number of rotatable bonds is 66. The maximum Gasteiger partial charge on any atom is 0.408 e. The number of esters is 1. The molecule has 0 aromatic heterocycles. The van der Waals surface area contributed by atoms with Crippen molar-refractivity contribution in [3.63, 3.8) is 0 Å². The van der Waals surface area contributed by atoms with Gasteiger partial charge in [0.1, 0.15) is 43.3 Å². The molecule has 0 radical (unpaired) electrons. The highest BCUT2D eigenvalue weighted by Gasteiger charge is 2.28. The monoisotopic (exact) mass is 1630 g/mol. The van der Waals surface area contributed by atoms with Gasteiger partial charge in [-0.3, -0.25) is 4.79 Å². The Morgan fingerprint density at radius 3 is 0.891 bits per heavy atom. The fourth-order valence-corrected chi connectivity index (χ4v) is 14.9. The van der Waals surface area contributed by atoms with Crippen molar-refractivity contribution >= 4 is 18.0 Å². The molecule has 654 valence electrons. The lowest BCUT2D eigenvalue weighted by atomic mass is 10.0. The number of benzene rings is 7. The summed E-state index contributed by atoms with van der Waals surface area (Å²) in [5, 5.41) is 5.31. The van der Waals surface area contributed by atoms with E-state index < -0.39 is 35.7 Å². The van der Waals surface area contributed by atoms with Crippen LogP contribution in [0.5, 0.6) is 40.2 Å². The van der Waals surface area contributed by atoms with Gasteiger partial charge < -0.3 is 53.3 Å². The van der Waals surface area contributed by atoms with Gasteiger partial charge in [0, 0.05) is 6.42 Å². The highest BCUT2D eigenvalue weighted by atomic mass is 16.6. The van der Waals surface area contributed by atoms with Crippen LogP contribution in [-0.2, 0) is 45.3 Å². The molecule has 0 heterocycles. The predicted molar refractivity (Wildman–Crippen MR) is 491 cm³/mol. The van der Waals surface area contributed by atoms with Gasteiger partial charge in [-0.05, 0) is 158 Å². The van der Waals surface area contributed by atoms with E-state index in [9.17, 15) is 14.4 Å². The molecule has 7 rings (SSSR count). The van der Waals surface area contributed by atoms with Crippen molar-refractivity contribution in [1.29, 1.82) is 0 Å². The molecule has 0 aliphatic heterocycles. The molecular formula is C105H152N2O12. The van der Waals surface area contributed by atoms with E-state index in [1.54, 1.807) is 20.8 Å². The number of ether oxygens (including phenoxy) is 9. The van der Waals surface area contributed by atoms with Gasteiger partial charge in [-0.15, -0.1) is 0 Å². The van der Waals surface area contributed by atoms with Crippen molar-refractivity contribution < 1.29 is 57.0 Å². The van der Waals surface area contributed by atoms with Crippen LogP contribution in [0.2, 0.25) is 0 Å². The third-order valence-corrected chi connectivity index (χ3v) is 22.2. The quantitative estimate of drug-likeness (QED) is 0.0275. The number of hydrogen-bond acceptors (Lipinski definition) is 12. The Morgan fingerprint density at radius 1 is 0.303 bits per heavy atom. The summed E-state index contributed by atoms with van der Waals surface area (Å²) >= 11 is 0. The molecule has 2 unspecified atom stereocenters. The third-order valence-electron chi connectivity index (χ3n) is 22.2. The Balaban J connectivity index is 1.05. The van der Waals surface area contributed by atoms with E-state index in [1.807, 2.05) is 30.3 Å². The molecule has 0 bridgehead atoms. The van der Waals surface area contributed by atoms with Crippen molar-refractivity contribution in [3.8, 4) is 73.6 Å². The normalized spacial score (nSPS) is 11.9. The van der Waals surface area contributed by atoms with E-state index in [1.165, 1.54) is 245 Å². The van der Waals surface area contributed by atoms with Crippen molar-refractivity contribution in [1.82, 2.24) is 10.6 Å². The zero-order valence-electron chi connectivity index (χ0n) is 74.9. The first-order chi connectivity index (χ1) is 58.1. The zero-order chi connectivity index (χ0) is 84.6. The Bertz CT molecular complexity index is 3850. The Morgan fingerprint density at radius 2 is 0.571 bits per heavy atom. The van der Waals surface area contributed by atoms with Gasteiger partial charge in [0.05, 0.1) is 33.5 Å². The number of hydrogen-bond donors (Lipinski definition) is 2. The number of unbranched alkanes of at least 4 members (excludes halogenated alkanes) is 36. The number of methoxy groups -OCH3 is 1. The molecule has 0 spiro atoms. The van der Waals surface area contributed by atoms with Gasteiger partial charge in [0.15, 0.2) is 34.5 Å². The summed E-state index contributed by atoms with van der Waals surface area (Å²) in [6.45, 7) is 19.5. The lowest BCUT2D eigenvalue weighted by molar-refractivity contribution is -0.144. The molecule has 14 nitrogen and oxygen atoms in total. The molecule has 0 saturated heterocycles. The Hall–Kier alpha value is -8.65. The van der Waals surface area contributed by atoms with Crippen molar-refractivity contribution in [2.24, 2.45) is 0 Å². The molecule has 0 saturated carbocycles. The van der Waals surface area contributed by atoms with E-state index in [-0.39, 0.29) is 6.42 Å². The van der Waals surface area contributed by atoms with Gasteiger partial charge in [-0.1, -0.05) is 362 Å². The highest BCUT2D eigenvalue weighted by molar-refractivity contribution is 5.89. The van der Waals surface area contributed by atoms with Crippen LogP contribution in [0, 0.1) is 0 Å². The van der Waals surface area contributed by atoms with Crippen LogP contribution >= 0.6 is 0 Å². The second kappa shape index (κ2) is 59.1. The van der Waals surface area contributed by atoms with Crippen LogP contribution in [0.25, 0.3) is 33.4 Å². The average Bonchev–Trinajstić information content (AvgIpc) is 0.829. The van der Waals surface area contributed by atoms with Gasteiger partial charge >= 0.3 is 12.1 Å². The molecule has 7 aromatic rings. The molecule has 2 N–H and O–H groups in total. The lowest BCUT2D eigenvalue weighted by Crippen LogP contribution is -2.52. The molecule has 0 fully saturated rings. The molecule has 119 heavy (non-hydrogen) atoms. The van der Waals surface area contributed by atoms with E-state index in [2.05, 4.69) is 160 Å². The fourth-order valence-electron chi connectivity index (χ4n) is 14.9. The zero-order valence-corrected chi connectivity index (χ0v) is 74.9. The Kier molecular flexibility index (Phi) is 48.4. The highest BCUT2D eigenvalue weighted by Crippen LogP contribution is 2.38. The topological polar surface area (TPSA) is 158 Å². The summed E-state index contributed by atoms with van der Waals surface area (Å²) in [5.41, 5.74) is 9.28. The van der Waals surface area contributed by atoms with E-state index >= 15 is 0 Å². The molecule has 14 heteroatoms. The molecule has 0 aliphatic carbocycles. The van der Waals surface area contributed by atoms with E-state index in [0.29, 0.717) is 63.5 Å². The summed E-state index contributed by atoms with van der Waals surface area (Å²) in [6.07, 6.45) is 50.7. The maximum absolute atomic E-state index is 13.4. The largest absolute Gasteiger partial charge is 0.490 e. The first-order valence-electron chi connectivity index (χ1n) is 46.7. The van der Waals surface area contributed by atoms with Crippen molar-refractivity contribution in [2.45, 2.75) is 356 Å². The first-order valence-corrected chi connectivity index (χ1v) is 46.7. The molecule has 7 aromatic carbocycles. The fraction of sp³-hybridized carbons (Fsp3) is 0.571. The van der Waals surface area contributed by atoms with Crippen LogP contribution in [0.1, 0.15) is 334 Å². The second-order valence-electron chi connectivity index (χ2n) is 33.9. The number of carbonyl (C=O) groups is 3. The molecule has 0 aliphatic rings. The van der Waals surface area contributed by atoms with Crippen molar-refractivity contribution in [3.05, 3.63) is 174 Å². The van der Waals surface area contributed by atoms with E-state index in [0.717, 1.165) is 104 Å². The Labute approximate surface area is 718 Å². The number of alkyl carbamates (subject to hydrolysis) is 1. The number of nitrogens with one attached hydrogen (secondary N) is 2. The first kappa shape index (κ1) is 97.5. The average molecular weight is 1630 g/mol.